The Morgan fingerprint density at radius 3 is 2.86 bits per heavy atom. The third-order valence-corrected chi connectivity index (χ3v) is 6.84. The van der Waals surface area contributed by atoms with Crippen LogP contribution in [0.3, 0.4) is 0 Å². The molecule has 4 rings (SSSR count). The van der Waals surface area contributed by atoms with Crippen LogP contribution in [0.15, 0.2) is 35.3 Å². The van der Waals surface area contributed by atoms with Gasteiger partial charge in [0.2, 0.25) is 0 Å². The Labute approximate surface area is 195 Å². The number of aromatic nitrogens is 1. The number of hydrogen-bond donors (Lipinski definition) is 2. The Morgan fingerprint density at radius 2 is 2.07 bits per heavy atom. The van der Waals surface area contributed by atoms with Crippen molar-refractivity contribution in [3.63, 3.8) is 0 Å². The molecule has 1 saturated heterocycles. The van der Waals surface area contributed by atoms with Gasteiger partial charge in [-0.05, 0) is 50.7 Å². The lowest BCUT2D eigenvalue weighted by Gasteiger charge is -2.20. The average Bonchev–Trinajstić information content (AvgIpc) is 3.37. The number of aliphatic imine (C=N–C) groups is 1. The molecule has 158 valence electrons. The second-order valence-electron chi connectivity index (χ2n) is 7.70. The summed E-state index contributed by atoms with van der Waals surface area (Å²) in [4.78, 5) is 13.2. The number of nitrogens with zero attached hydrogens (tertiary/aromatic N) is 3. The molecule has 5 nitrogen and oxygen atoms in total. The molecule has 1 atom stereocenters. The van der Waals surface area contributed by atoms with Crippen LogP contribution in [-0.4, -0.2) is 43.7 Å². The highest BCUT2D eigenvalue weighted by Gasteiger charge is 2.23. The minimum Gasteiger partial charge on any atom is -0.369 e. The third-order valence-electron chi connectivity index (χ3n) is 5.62. The quantitative estimate of drug-likeness (QED) is 0.259. The van der Waals surface area contributed by atoms with Gasteiger partial charge in [0.05, 0.1) is 10.7 Å². The Balaban J connectivity index is 0.00000240. The Hall–Kier alpha value is -1.35. The lowest BCUT2D eigenvalue weighted by molar-refractivity contribution is 0.642. The van der Waals surface area contributed by atoms with E-state index in [1.165, 1.54) is 46.9 Å². The molecule has 7 heteroatoms. The van der Waals surface area contributed by atoms with Crippen molar-refractivity contribution in [3.05, 3.63) is 45.9 Å². The Kier molecular flexibility index (Phi) is 8.59. The van der Waals surface area contributed by atoms with E-state index in [0.29, 0.717) is 6.04 Å². The number of fused-ring (bicyclic) bond motifs is 1. The highest BCUT2D eigenvalue weighted by molar-refractivity contribution is 14.0. The molecule has 1 fully saturated rings. The van der Waals surface area contributed by atoms with Gasteiger partial charge in [-0.2, -0.15) is 0 Å². The molecule has 1 aromatic carbocycles. The van der Waals surface area contributed by atoms with Crippen LogP contribution in [-0.2, 0) is 19.3 Å². The summed E-state index contributed by atoms with van der Waals surface area (Å²) in [5.41, 5.74) is 2.68. The minimum atomic E-state index is 0. The molecule has 2 heterocycles. The van der Waals surface area contributed by atoms with Crippen molar-refractivity contribution in [1.82, 2.24) is 15.6 Å². The van der Waals surface area contributed by atoms with Crippen molar-refractivity contribution in [1.29, 1.82) is 0 Å². The second kappa shape index (κ2) is 11.2. The number of hydrogen-bond acceptors (Lipinski definition) is 4. The summed E-state index contributed by atoms with van der Waals surface area (Å²) in [5, 5.41) is 8.38. The van der Waals surface area contributed by atoms with Crippen molar-refractivity contribution >= 4 is 47.0 Å². The van der Waals surface area contributed by atoms with Crippen LogP contribution in [0.5, 0.6) is 0 Å². The fraction of sp³-hybridized carbons (Fsp3) is 0.545. The second-order valence-corrected chi connectivity index (χ2v) is 8.87. The minimum absolute atomic E-state index is 0. The zero-order valence-electron chi connectivity index (χ0n) is 17.2. The summed E-state index contributed by atoms with van der Waals surface area (Å²) < 4.78 is 0. The van der Waals surface area contributed by atoms with Gasteiger partial charge in [0.15, 0.2) is 5.96 Å². The molecular formula is C22H32IN5S. The van der Waals surface area contributed by atoms with E-state index in [1.54, 1.807) is 0 Å². The van der Waals surface area contributed by atoms with E-state index in [0.717, 1.165) is 44.9 Å². The lowest BCUT2D eigenvalue weighted by Crippen LogP contribution is -2.44. The molecule has 0 spiro atoms. The van der Waals surface area contributed by atoms with Gasteiger partial charge in [-0.25, -0.2) is 4.98 Å². The molecule has 0 bridgehead atoms. The largest absolute Gasteiger partial charge is 0.369 e. The number of rotatable bonds is 6. The number of halogens is 1. The van der Waals surface area contributed by atoms with E-state index in [4.69, 9.17) is 4.98 Å². The van der Waals surface area contributed by atoms with Crippen LogP contribution in [0.4, 0.5) is 5.69 Å². The van der Waals surface area contributed by atoms with Crippen LogP contribution >= 0.6 is 35.3 Å². The third kappa shape index (κ3) is 6.07. The fourth-order valence-electron chi connectivity index (χ4n) is 4.10. The van der Waals surface area contributed by atoms with Gasteiger partial charge < -0.3 is 15.5 Å². The monoisotopic (exact) mass is 525 g/mol. The SMILES string of the molecule is CN=C(NCCCc1nc2c(s1)CCCC2)NC1CCN(c2ccccc2)C1.I. The van der Waals surface area contributed by atoms with Crippen LogP contribution in [0.1, 0.15) is 41.3 Å². The normalized spacial score (nSPS) is 18.9. The van der Waals surface area contributed by atoms with Gasteiger partial charge in [-0.1, -0.05) is 18.2 Å². The Morgan fingerprint density at radius 1 is 1.24 bits per heavy atom. The lowest BCUT2D eigenvalue weighted by atomic mass is 10.0. The fourth-order valence-corrected chi connectivity index (χ4v) is 5.30. The number of anilines is 1. The summed E-state index contributed by atoms with van der Waals surface area (Å²) in [6.45, 7) is 3.04. The maximum absolute atomic E-state index is 4.85. The van der Waals surface area contributed by atoms with Crippen molar-refractivity contribution in [2.24, 2.45) is 4.99 Å². The number of guanidine groups is 1. The molecular weight excluding hydrogens is 493 g/mol. The maximum atomic E-state index is 4.85. The van der Waals surface area contributed by atoms with E-state index in [2.05, 4.69) is 50.9 Å². The van der Waals surface area contributed by atoms with Crippen molar-refractivity contribution < 1.29 is 0 Å². The average molecular weight is 526 g/mol. The number of para-hydroxylation sites is 1. The predicted molar refractivity (Wildman–Crippen MR) is 134 cm³/mol. The van der Waals surface area contributed by atoms with Gasteiger partial charge >= 0.3 is 0 Å². The first-order chi connectivity index (χ1) is 13.8. The maximum Gasteiger partial charge on any atom is 0.191 e. The van der Waals surface area contributed by atoms with E-state index in [9.17, 15) is 0 Å². The van der Waals surface area contributed by atoms with Crippen molar-refractivity contribution in [2.45, 2.75) is 51.0 Å². The Bertz CT molecular complexity index is 768. The molecule has 2 aliphatic rings. The first-order valence-corrected chi connectivity index (χ1v) is 11.4. The molecule has 1 aromatic heterocycles. The number of aryl methyl sites for hydroxylation is 3. The van der Waals surface area contributed by atoms with E-state index in [-0.39, 0.29) is 24.0 Å². The highest BCUT2D eigenvalue weighted by atomic mass is 127. The van der Waals surface area contributed by atoms with Gasteiger partial charge in [0.1, 0.15) is 0 Å². The first kappa shape index (κ1) is 22.3. The van der Waals surface area contributed by atoms with E-state index >= 15 is 0 Å². The molecule has 2 N–H and O–H groups in total. The molecule has 1 aliphatic carbocycles. The number of thiazole rings is 1. The van der Waals surface area contributed by atoms with Crippen molar-refractivity contribution in [2.75, 3.05) is 31.6 Å². The van der Waals surface area contributed by atoms with Gasteiger partial charge in [-0.15, -0.1) is 35.3 Å². The topological polar surface area (TPSA) is 52.6 Å². The van der Waals surface area contributed by atoms with Crippen LogP contribution in [0.25, 0.3) is 0 Å². The summed E-state index contributed by atoms with van der Waals surface area (Å²) >= 11 is 1.93. The zero-order chi connectivity index (χ0) is 19.2. The summed E-state index contributed by atoms with van der Waals surface area (Å²) in [6, 6.07) is 11.1. The summed E-state index contributed by atoms with van der Waals surface area (Å²) in [6.07, 6.45) is 8.36. The van der Waals surface area contributed by atoms with Gasteiger partial charge in [0.25, 0.3) is 0 Å². The molecule has 2 aromatic rings. The predicted octanol–water partition coefficient (Wildman–Crippen LogP) is 4.02. The standard InChI is InChI=1S/C22H31N5S.HI/c1-23-22(25-17-13-15-27(16-17)18-8-3-2-4-9-18)24-14-7-12-21-26-19-10-5-6-11-20(19)28-21;/h2-4,8-9,17H,5-7,10-16H2,1H3,(H2,23,24,25);1H. The molecule has 1 unspecified atom stereocenters. The van der Waals surface area contributed by atoms with Crippen LogP contribution < -0.4 is 15.5 Å². The first-order valence-electron chi connectivity index (χ1n) is 10.6. The molecule has 0 amide bonds. The van der Waals surface area contributed by atoms with Crippen LogP contribution in [0.2, 0.25) is 0 Å². The van der Waals surface area contributed by atoms with E-state index in [1.807, 2.05) is 18.4 Å². The van der Waals surface area contributed by atoms with Crippen LogP contribution in [0, 0.1) is 0 Å². The van der Waals surface area contributed by atoms with Gasteiger partial charge in [-0.3, -0.25) is 4.99 Å². The molecule has 1 aliphatic heterocycles. The highest BCUT2D eigenvalue weighted by Crippen LogP contribution is 2.27. The summed E-state index contributed by atoms with van der Waals surface area (Å²) in [5.74, 6) is 0.915. The number of benzene rings is 1. The number of nitrogens with one attached hydrogen (secondary N) is 2. The molecule has 29 heavy (non-hydrogen) atoms. The summed E-state index contributed by atoms with van der Waals surface area (Å²) in [7, 11) is 1.86. The van der Waals surface area contributed by atoms with Gasteiger partial charge in [0, 0.05) is 49.7 Å². The van der Waals surface area contributed by atoms with Crippen molar-refractivity contribution in [3.8, 4) is 0 Å². The zero-order valence-corrected chi connectivity index (χ0v) is 20.3. The molecule has 0 radical (unpaired) electrons. The smallest absolute Gasteiger partial charge is 0.191 e. The van der Waals surface area contributed by atoms with E-state index < -0.39 is 0 Å². The molecule has 0 saturated carbocycles.